The highest BCUT2D eigenvalue weighted by Gasteiger charge is 2.30. The summed E-state index contributed by atoms with van der Waals surface area (Å²) >= 11 is 0. The molecule has 5 rings (SSSR count). The highest BCUT2D eigenvalue weighted by Crippen LogP contribution is 2.39. The van der Waals surface area contributed by atoms with Crippen LogP contribution in [-0.2, 0) is 9.53 Å². The van der Waals surface area contributed by atoms with Crippen LogP contribution >= 0.6 is 0 Å². The summed E-state index contributed by atoms with van der Waals surface area (Å²) in [5.74, 6) is 0.0277. The molecule has 1 fully saturated rings. The van der Waals surface area contributed by atoms with Crippen molar-refractivity contribution in [2.45, 2.75) is 19.4 Å². The zero-order valence-corrected chi connectivity index (χ0v) is 18.6. The van der Waals surface area contributed by atoms with Crippen LogP contribution < -0.4 is 21.1 Å². The first-order valence-electron chi connectivity index (χ1n) is 10.8. The lowest BCUT2D eigenvalue weighted by atomic mass is 9.97. The van der Waals surface area contributed by atoms with E-state index in [1.165, 1.54) is 11.1 Å². The predicted octanol–water partition coefficient (Wildman–Crippen LogP) is 2.91. The van der Waals surface area contributed by atoms with E-state index in [1.807, 2.05) is 6.92 Å². The Balaban J connectivity index is 1.46. The minimum Gasteiger partial charge on any atom is -0.474 e. The van der Waals surface area contributed by atoms with E-state index in [0.29, 0.717) is 41.9 Å². The van der Waals surface area contributed by atoms with Gasteiger partial charge in [-0.2, -0.15) is 0 Å². The number of carbonyl (C=O) groups is 2. The number of ether oxygens (including phenoxy) is 2. The second kappa shape index (κ2) is 8.32. The Morgan fingerprint density at radius 1 is 1.32 bits per heavy atom. The molecule has 176 valence electrons. The van der Waals surface area contributed by atoms with Crippen LogP contribution in [0.1, 0.15) is 12.0 Å². The molecular weight excluding hydrogens is 443 g/mol. The maximum absolute atomic E-state index is 15.3. The van der Waals surface area contributed by atoms with Crippen molar-refractivity contribution in [2.75, 3.05) is 43.1 Å². The number of benzene rings is 1. The number of nitrogens with two attached hydrogens (primary N) is 1. The van der Waals surface area contributed by atoms with E-state index in [9.17, 15) is 9.59 Å². The second-order valence-electron chi connectivity index (χ2n) is 8.33. The average Bonchev–Trinajstić information content (AvgIpc) is 3.13. The lowest BCUT2D eigenvalue weighted by Gasteiger charge is -2.22. The predicted molar refractivity (Wildman–Crippen MR) is 124 cm³/mol. The van der Waals surface area contributed by atoms with Crippen molar-refractivity contribution in [2.24, 2.45) is 0 Å². The largest absolute Gasteiger partial charge is 0.474 e. The van der Waals surface area contributed by atoms with Crippen LogP contribution in [0.4, 0.5) is 26.4 Å². The van der Waals surface area contributed by atoms with Crippen molar-refractivity contribution in [3.63, 3.8) is 0 Å². The van der Waals surface area contributed by atoms with Gasteiger partial charge in [-0.1, -0.05) is 0 Å². The maximum atomic E-state index is 15.3. The maximum Gasteiger partial charge on any atom is 0.413 e. The summed E-state index contributed by atoms with van der Waals surface area (Å²) < 4.78 is 26.1. The Morgan fingerprint density at radius 2 is 2.15 bits per heavy atom. The van der Waals surface area contributed by atoms with E-state index in [4.69, 9.17) is 15.2 Å². The molecule has 11 heteroatoms. The van der Waals surface area contributed by atoms with Crippen LogP contribution in [0.3, 0.4) is 0 Å². The number of rotatable bonds is 3. The zero-order chi connectivity index (χ0) is 24.0. The number of pyridine rings is 2. The van der Waals surface area contributed by atoms with Crippen LogP contribution in [0.25, 0.3) is 21.9 Å². The molecule has 2 aliphatic rings. The van der Waals surface area contributed by atoms with Gasteiger partial charge < -0.3 is 25.4 Å². The molecule has 1 saturated heterocycles. The van der Waals surface area contributed by atoms with E-state index >= 15 is 4.39 Å². The van der Waals surface area contributed by atoms with E-state index in [-0.39, 0.29) is 29.4 Å². The quantitative estimate of drug-likeness (QED) is 0.502. The van der Waals surface area contributed by atoms with Crippen molar-refractivity contribution < 1.29 is 23.5 Å². The third-order valence-corrected chi connectivity index (χ3v) is 6.04. The van der Waals surface area contributed by atoms with Gasteiger partial charge >= 0.3 is 6.09 Å². The van der Waals surface area contributed by atoms with Crippen molar-refractivity contribution in [1.29, 1.82) is 0 Å². The number of anilines is 3. The van der Waals surface area contributed by atoms with Crippen molar-refractivity contribution in [3.8, 4) is 17.0 Å². The second-order valence-corrected chi connectivity index (χ2v) is 8.33. The van der Waals surface area contributed by atoms with Gasteiger partial charge in [0.1, 0.15) is 24.2 Å². The van der Waals surface area contributed by atoms with Crippen molar-refractivity contribution in [1.82, 2.24) is 14.9 Å². The highest BCUT2D eigenvalue weighted by molar-refractivity contribution is 5.99. The van der Waals surface area contributed by atoms with Gasteiger partial charge in [-0.25, -0.2) is 19.2 Å². The molecule has 2 aliphatic heterocycles. The monoisotopic (exact) mass is 466 g/mol. The number of nitrogen functional groups attached to an aromatic ring is 1. The zero-order valence-electron chi connectivity index (χ0n) is 18.6. The van der Waals surface area contributed by atoms with Crippen LogP contribution in [-0.4, -0.2) is 59.7 Å². The number of nitrogens with one attached hydrogen (secondary N) is 2. The number of aromatic nitrogens is 2. The molecule has 34 heavy (non-hydrogen) atoms. The van der Waals surface area contributed by atoms with Gasteiger partial charge in [-0.3, -0.25) is 10.1 Å². The summed E-state index contributed by atoms with van der Waals surface area (Å²) in [6, 6.07) is 3.23. The van der Waals surface area contributed by atoms with Crippen LogP contribution in [0.2, 0.25) is 0 Å². The van der Waals surface area contributed by atoms with E-state index < -0.39 is 18.0 Å². The Morgan fingerprint density at radius 3 is 2.91 bits per heavy atom. The lowest BCUT2D eigenvalue weighted by molar-refractivity contribution is -0.126. The van der Waals surface area contributed by atoms with Crippen molar-refractivity contribution >= 4 is 40.0 Å². The average molecular weight is 466 g/mol. The van der Waals surface area contributed by atoms with Crippen LogP contribution in [0, 0.1) is 12.7 Å². The summed E-state index contributed by atoms with van der Waals surface area (Å²) in [4.78, 5) is 33.9. The van der Waals surface area contributed by atoms with Gasteiger partial charge in [0.05, 0.1) is 18.7 Å². The third-order valence-electron chi connectivity index (χ3n) is 6.04. The first-order chi connectivity index (χ1) is 16.3. The molecule has 4 heterocycles. The fourth-order valence-electron chi connectivity index (χ4n) is 4.24. The molecule has 0 aliphatic carbocycles. The number of halogens is 1. The molecule has 4 N–H and O–H groups in total. The molecule has 10 nitrogen and oxygen atoms in total. The van der Waals surface area contributed by atoms with Crippen LogP contribution in [0.15, 0.2) is 24.5 Å². The fourth-order valence-corrected chi connectivity index (χ4v) is 4.24. The number of likely N-dealkylation sites (N-methyl/N-ethyl adjacent to an activating group) is 1. The Bertz CT molecular complexity index is 1330. The van der Waals surface area contributed by atoms with Gasteiger partial charge in [0, 0.05) is 42.5 Å². The SMILES string of the molecule is Cc1c(-c2cc3cc(NC(=O)O[C@H]4CC(=O)N(C)C4)ncc3c(N)c2F)cnc2c1NCCO2. The molecule has 1 aromatic carbocycles. The van der Waals surface area contributed by atoms with Gasteiger partial charge in [-0.15, -0.1) is 0 Å². The normalized spacial score (nSPS) is 17.2. The third kappa shape index (κ3) is 3.78. The summed E-state index contributed by atoms with van der Waals surface area (Å²) in [6.45, 7) is 3.33. The fraction of sp³-hybridized carbons (Fsp3) is 0.304. The number of amides is 2. The summed E-state index contributed by atoms with van der Waals surface area (Å²) in [6.07, 6.45) is 1.85. The topological polar surface area (TPSA) is 132 Å². The van der Waals surface area contributed by atoms with Crippen LogP contribution in [0.5, 0.6) is 5.88 Å². The lowest BCUT2D eigenvalue weighted by Crippen LogP contribution is -2.25. The molecule has 0 bridgehead atoms. The van der Waals surface area contributed by atoms with Gasteiger partial charge in [0.2, 0.25) is 11.8 Å². The summed E-state index contributed by atoms with van der Waals surface area (Å²) in [5, 5.41) is 6.79. The number of nitrogens with zero attached hydrogens (tertiary/aromatic N) is 3. The number of fused-ring (bicyclic) bond motifs is 2. The summed E-state index contributed by atoms with van der Waals surface area (Å²) in [7, 11) is 1.65. The molecule has 3 aromatic rings. The number of hydrogen-bond donors (Lipinski definition) is 3. The van der Waals surface area contributed by atoms with Gasteiger partial charge in [0.15, 0.2) is 5.82 Å². The molecule has 2 amide bonds. The van der Waals surface area contributed by atoms with E-state index in [0.717, 1.165) is 11.3 Å². The van der Waals surface area contributed by atoms with E-state index in [1.54, 1.807) is 25.4 Å². The van der Waals surface area contributed by atoms with E-state index in [2.05, 4.69) is 20.6 Å². The number of hydrogen-bond acceptors (Lipinski definition) is 8. The molecule has 1 atom stereocenters. The highest BCUT2D eigenvalue weighted by atomic mass is 19.1. The summed E-state index contributed by atoms with van der Waals surface area (Å²) in [5.41, 5.74) is 8.41. The molecule has 0 spiro atoms. The van der Waals surface area contributed by atoms with Gasteiger partial charge in [0.25, 0.3) is 0 Å². The standard InChI is InChI=1S/C23H23FN6O4/c1-11-15(8-28-22-21(11)26-3-4-33-22)14-5-12-6-17(27-9-16(12)20(25)19(14)24)29-23(32)34-13-7-18(31)30(2)10-13/h5-6,8-9,13,26H,3-4,7,10,25H2,1-2H3,(H,27,29,32)/t13-/m0/s1. The Hall–Kier alpha value is -4.15. The smallest absolute Gasteiger partial charge is 0.413 e. The molecule has 0 saturated carbocycles. The molecule has 2 aromatic heterocycles. The van der Waals surface area contributed by atoms with Gasteiger partial charge in [-0.05, 0) is 30.0 Å². The number of likely N-dealkylation sites (tertiary alicyclic amines) is 1. The number of carbonyl (C=O) groups excluding carboxylic acids is 2. The minimum absolute atomic E-state index is 0.0528. The first kappa shape index (κ1) is 21.7. The van der Waals surface area contributed by atoms with Crippen molar-refractivity contribution in [3.05, 3.63) is 35.9 Å². The first-order valence-corrected chi connectivity index (χ1v) is 10.8. The molecular formula is C23H23FN6O4. The molecule has 0 radical (unpaired) electrons. The molecule has 0 unspecified atom stereocenters. The Kier molecular flexibility index (Phi) is 5.31. The Labute approximate surface area is 194 Å². The minimum atomic E-state index is -0.726.